The molecule has 0 saturated heterocycles. The lowest BCUT2D eigenvalue weighted by Crippen LogP contribution is -2.21. The highest BCUT2D eigenvalue weighted by atomic mass is 16.3. The molecule has 2 heterocycles. The van der Waals surface area contributed by atoms with Crippen molar-refractivity contribution < 1.29 is 8.83 Å². The van der Waals surface area contributed by atoms with Crippen LogP contribution in [0.3, 0.4) is 0 Å². The topological polar surface area (TPSA) is 26.3 Å². The summed E-state index contributed by atoms with van der Waals surface area (Å²) in [7, 11) is 0. The molecule has 0 unspecified atom stereocenters. The van der Waals surface area contributed by atoms with Crippen molar-refractivity contribution in [2.75, 3.05) is 0 Å². The van der Waals surface area contributed by atoms with Crippen molar-refractivity contribution in [2.24, 2.45) is 0 Å². The van der Waals surface area contributed by atoms with E-state index in [1.807, 2.05) is 13.0 Å². The predicted molar refractivity (Wildman–Crippen MR) is 318 cm³/mol. The van der Waals surface area contributed by atoms with Gasteiger partial charge in [-0.1, -0.05) is 231 Å². The van der Waals surface area contributed by atoms with Crippen LogP contribution in [0.2, 0.25) is 0 Å². The number of benzene rings is 13. The van der Waals surface area contributed by atoms with Crippen molar-refractivity contribution >= 4 is 99.4 Å². The van der Waals surface area contributed by atoms with E-state index in [4.69, 9.17) is 8.83 Å². The molecule has 15 rings (SSSR count). The second-order valence-corrected chi connectivity index (χ2v) is 19.8. The molecular formula is C73H46O2. The van der Waals surface area contributed by atoms with Gasteiger partial charge < -0.3 is 8.83 Å². The van der Waals surface area contributed by atoms with E-state index in [0.717, 1.165) is 87.7 Å². The van der Waals surface area contributed by atoms with Crippen molar-refractivity contribution in [2.45, 2.75) is 6.92 Å². The number of para-hydroxylation sites is 1. The number of furan rings is 2. The zero-order valence-electron chi connectivity index (χ0n) is 41.2. The molecule has 350 valence electrons. The van der Waals surface area contributed by atoms with Gasteiger partial charge in [-0.15, -0.1) is 0 Å². The molecule has 0 bridgehead atoms. The molecule has 13 aromatic carbocycles. The van der Waals surface area contributed by atoms with Crippen LogP contribution < -0.4 is 10.4 Å². The molecule has 0 atom stereocenters. The first kappa shape index (κ1) is 42.9. The number of hydrogen-bond acceptors (Lipinski definition) is 2. The number of rotatable bonds is 6. The van der Waals surface area contributed by atoms with Crippen LogP contribution in [-0.2, 0) is 0 Å². The van der Waals surface area contributed by atoms with Crippen LogP contribution in [0.5, 0.6) is 0 Å². The summed E-state index contributed by atoms with van der Waals surface area (Å²) in [5, 5.41) is 17.3. The second kappa shape index (κ2) is 16.9. The minimum absolute atomic E-state index is 0.859. The van der Waals surface area contributed by atoms with E-state index in [1.54, 1.807) is 0 Å². The average molecular weight is 955 g/mol. The Morgan fingerprint density at radius 1 is 0.320 bits per heavy atom. The van der Waals surface area contributed by atoms with Gasteiger partial charge in [0.25, 0.3) is 0 Å². The Hall–Kier alpha value is -9.76. The molecule has 2 aromatic heterocycles. The summed E-state index contributed by atoms with van der Waals surface area (Å²) in [6, 6.07) is 88.1. The second-order valence-electron chi connectivity index (χ2n) is 19.8. The molecule has 75 heavy (non-hydrogen) atoms. The zero-order valence-corrected chi connectivity index (χ0v) is 41.2. The van der Waals surface area contributed by atoms with E-state index in [-0.39, 0.29) is 0 Å². The molecule has 15 aromatic rings. The maximum atomic E-state index is 7.23. The Bertz CT molecular complexity index is 4860. The Morgan fingerprint density at radius 3 is 1.43 bits per heavy atom. The summed E-state index contributed by atoms with van der Waals surface area (Å²) in [5.74, 6) is 0.884. The van der Waals surface area contributed by atoms with E-state index >= 15 is 0 Å². The first-order valence-corrected chi connectivity index (χ1v) is 25.8. The van der Waals surface area contributed by atoms with E-state index in [1.165, 1.54) is 76.5 Å². The van der Waals surface area contributed by atoms with Gasteiger partial charge in [0.05, 0.1) is 0 Å². The van der Waals surface area contributed by atoms with Gasteiger partial charge in [-0.05, 0) is 140 Å². The van der Waals surface area contributed by atoms with E-state index < -0.39 is 0 Å². The molecule has 0 aliphatic rings. The highest BCUT2D eigenvalue weighted by Gasteiger charge is 2.25. The highest BCUT2D eigenvalue weighted by Crippen LogP contribution is 2.51. The van der Waals surface area contributed by atoms with Crippen LogP contribution in [0, 0.1) is 6.92 Å². The summed E-state index contributed by atoms with van der Waals surface area (Å²) >= 11 is 0. The van der Waals surface area contributed by atoms with Gasteiger partial charge in [0, 0.05) is 32.8 Å². The fourth-order valence-corrected chi connectivity index (χ4v) is 12.5. The predicted octanol–water partition coefficient (Wildman–Crippen LogP) is 19.0. The van der Waals surface area contributed by atoms with Crippen molar-refractivity contribution in [1.82, 2.24) is 0 Å². The normalized spacial score (nSPS) is 12.2. The summed E-state index contributed by atoms with van der Waals surface area (Å²) in [4.78, 5) is 0. The van der Waals surface area contributed by atoms with Gasteiger partial charge in [0.15, 0.2) is 0 Å². The summed E-state index contributed by atoms with van der Waals surface area (Å²) < 4.78 is 13.6. The number of aryl methyl sites for hydroxylation is 1. The average Bonchev–Trinajstić information content (AvgIpc) is 4.01. The number of fused-ring (bicyclic) bond motifs is 9. The molecule has 2 nitrogen and oxygen atoms in total. The SMILES string of the molecule is C=c1cccc/c1=C/c1c(C)oc2ccc(-c3c4ccccc4c(-c4cccc5c4oc4cccc(-c6c7ccccc7c(-c7ccc(-c8ccccc8)c8ccccc78)c7ccccc67)c45)c4ccccc34)cc12. The zero-order chi connectivity index (χ0) is 49.7. The summed E-state index contributed by atoms with van der Waals surface area (Å²) in [5.41, 5.74) is 15.5. The van der Waals surface area contributed by atoms with Gasteiger partial charge in [-0.2, -0.15) is 0 Å². The maximum Gasteiger partial charge on any atom is 0.143 e. The summed E-state index contributed by atoms with van der Waals surface area (Å²) in [6.45, 7) is 6.36. The van der Waals surface area contributed by atoms with Crippen LogP contribution >= 0.6 is 0 Å². The van der Waals surface area contributed by atoms with Crippen molar-refractivity contribution in [3.05, 3.63) is 264 Å². The van der Waals surface area contributed by atoms with Gasteiger partial charge >= 0.3 is 0 Å². The minimum atomic E-state index is 0.859. The summed E-state index contributed by atoms with van der Waals surface area (Å²) in [6.07, 6.45) is 2.21. The van der Waals surface area contributed by atoms with Crippen molar-refractivity contribution in [3.8, 4) is 55.6 Å². The van der Waals surface area contributed by atoms with E-state index in [0.29, 0.717) is 0 Å². The third-order valence-corrected chi connectivity index (χ3v) is 15.8. The Kier molecular flexibility index (Phi) is 9.67. The Morgan fingerprint density at radius 2 is 0.800 bits per heavy atom. The molecule has 0 fully saturated rings. The third kappa shape index (κ3) is 6.60. The Balaban J connectivity index is 0.952. The van der Waals surface area contributed by atoms with E-state index in [2.05, 4.69) is 249 Å². The van der Waals surface area contributed by atoms with Gasteiger partial charge in [-0.3, -0.25) is 0 Å². The van der Waals surface area contributed by atoms with Gasteiger partial charge in [-0.25, -0.2) is 0 Å². The smallest absolute Gasteiger partial charge is 0.143 e. The fraction of sp³-hybridized carbons (Fsp3) is 0.0137. The van der Waals surface area contributed by atoms with Crippen molar-refractivity contribution in [3.63, 3.8) is 0 Å². The lowest BCUT2D eigenvalue weighted by molar-refractivity contribution is 0.577. The first-order chi connectivity index (χ1) is 37.1. The molecule has 0 aliphatic carbocycles. The molecule has 0 spiro atoms. The molecule has 0 aliphatic heterocycles. The van der Waals surface area contributed by atoms with Crippen LogP contribution in [0.1, 0.15) is 11.3 Å². The largest absolute Gasteiger partial charge is 0.461 e. The van der Waals surface area contributed by atoms with Gasteiger partial charge in [0.1, 0.15) is 22.5 Å². The minimum Gasteiger partial charge on any atom is -0.461 e. The van der Waals surface area contributed by atoms with Gasteiger partial charge in [0.2, 0.25) is 0 Å². The van der Waals surface area contributed by atoms with Crippen LogP contribution in [-0.4, -0.2) is 0 Å². The Labute approximate surface area is 433 Å². The monoisotopic (exact) mass is 954 g/mol. The molecule has 0 saturated carbocycles. The standard InChI is InChI=1S/C73H46O2/c1-44-20-6-7-23-47(44)42-64-45(2)74-66-41-38-48(43-65(64)66)68-52-26-10-12-28-54(52)71(55-29-13-11-27-53(55)68)62-35-18-36-63-72-61(34-19-37-67(72)75-73(62)63)70-58-32-16-14-30-56(58)69(57-31-15-17-33-59(57)70)60-40-39-49(46-21-4-3-5-22-46)50-24-8-9-25-51(50)60/h3-43H,1H2,2H3/b47-42-. The van der Waals surface area contributed by atoms with E-state index in [9.17, 15) is 0 Å². The molecule has 0 N–H and O–H groups in total. The van der Waals surface area contributed by atoms with Crippen LogP contribution in [0.4, 0.5) is 0 Å². The first-order valence-electron chi connectivity index (χ1n) is 25.8. The molecule has 0 radical (unpaired) electrons. The van der Waals surface area contributed by atoms with Crippen LogP contribution in [0.15, 0.2) is 251 Å². The lowest BCUT2D eigenvalue weighted by Gasteiger charge is -2.20. The molecular weight excluding hydrogens is 909 g/mol. The molecule has 2 heteroatoms. The fourth-order valence-electron chi connectivity index (χ4n) is 12.5. The van der Waals surface area contributed by atoms with Crippen molar-refractivity contribution in [1.29, 1.82) is 0 Å². The highest BCUT2D eigenvalue weighted by molar-refractivity contribution is 6.29. The maximum absolute atomic E-state index is 7.23. The lowest BCUT2D eigenvalue weighted by atomic mass is 9.83. The van der Waals surface area contributed by atoms with Crippen LogP contribution in [0.25, 0.3) is 155 Å². The quantitative estimate of drug-likeness (QED) is 0.155. The third-order valence-electron chi connectivity index (χ3n) is 15.8. The number of hydrogen-bond donors (Lipinski definition) is 0. The molecule has 0 amide bonds.